The molecule has 20 heavy (non-hydrogen) atoms. The monoisotopic (exact) mass is 299 g/mol. The van der Waals surface area contributed by atoms with Crippen molar-refractivity contribution < 1.29 is 13.2 Å². The first kappa shape index (κ1) is 17.0. The van der Waals surface area contributed by atoms with Crippen LogP contribution in [-0.4, -0.2) is 33.1 Å². The quantitative estimate of drug-likeness (QED) is 0.674. The van der Waals surface area contributed by atoms with E-state index in [-0.39, 0.29) is 18.1 Å². The van der Waals surface area contributed by atoms with Crippen molar-refractivity contribution in [2.24, 2.45) is 0 Å². The molecule has 114 valence electrons. The Morgan fingerprint density at radius 2 is 1.75 bits per heavy atom. The standard InChI is InChI=1S/C15H25NO3S/c1-3-9-16-13-14-5-7-15(8-6-14)19-10-12-20(17,18)11-4-2/h5-8,16H,3-4,9-13H2,1-2H3. The maximum atomic E-state index is 11.5. The summed E-state index contributed by atoms with van der Waals surface area (Å²) in [6.45, 7) is 6.07. The molecule has 0 aliphatic heterocycles. The van der Waals surface area contributed by atoms with Gasteiger partial charge in [-0.05, 0) is 37.1 Å². The molecule has 1 aromatic carbocycles. The third-order valence-corrected chi connectivity index (χ3v) is 4.68. The van der Waals surface area contributed by atoms with Crippen molar-refractivity contribution in [2.45, 2.75) is 33.2 Å². The molecule has 0 aliphatic carbocycles. The molecule has 4 nitrogen and oxygen atoms in total. The fourth-order valence-corrected chi connectivity index (χ4v) is 2.98. The molecule has 0 radical (unpaired) electrons. The summed E-state index contributed by atoms with van der Waals surface area (Å²) in [5.74, 6) is 1.04. The molecule has 0 spiro atoms. The molecule has 0 atom stereocenters. The van der Waals surface area contributed by atoms with Crippen molar-refractivity contribution in [3.8, 4) is 5.75 Å². The fraction of sp³-hybridized carbons (Fsp3) is 0.600. The number of sulfone groups is 1. The second-order valence-electron chi connectivity index (χ2n) is 4.82. The van der Waals surface area contributed by atoms with Crippen LogP contribution < -0.4 is 10.1 Å². The Balaban J connectivity index is 2.34. The van der Waals surface area contributed by atoms with Gasteiger partial charge in [0.1, 0.15) is 12.4 Å². The molecule has 5 heteroatoms. The van der Waals surface area contributed by atoms with Crippen LogP contribution in [0.1, 0.15) is 32.3 Å². The van der Waals surface area contributed by atoms with Crippen LogP contribution in [0.4, 0.5) is 0 Å². The molecule has 0 saturated heterocycles. The molecule has 1 N–H and O–H groups in total. The Morgan fingerprint density at radius 1 is 1.05 bits per heavy atom. The van der Waals surface area contributed by atoms with Gasteiger partial charge in [-0.15, -0.1) is 0 Å². The van der Waals surface area contributed by atoms with E-state index < -0.39 is 9.84 Å². The lowest BCUT2D eigenvalue weighted by molar-refractivity contribution is 0.340. The zero-order valence-electron chi connectivity index (χ0n) is 12.4. The van der Waals surface area contributed by atoms with Crippen LogP contribution in [0.2, 0.25) is 0 Å². The second-order valence-corrected chi connectivity index (χ2v) is 7.12. The molecule has 0 unspecified atom stereocenters. The van der Waals surface area contributed by atoms with Crippen molar-refractivity contribution in [2.75, 3.05) is 24.7 Å². The van der Waals surface area contributed by atoms with E-state index >= 15 is 0 Å². The molecule has 1 aromatic rings. The summed E-state index contributed by atoms with van der Waals surface area (Å²) in [4.78, 5) is 0. The summed E-state index contributed by atoms with van der Waals surface area (Å²) in [7, 11) is -2.96. The van der Waals surface area contributed by atoms with Crippen LogP contribution in [0.3, 0.4) is 0 Å². The van der Waals surface area contributed by atoms with E-state index in [4.69, 9.17) is 4.74 Å². The van der Waals surface area contributed by atoms with Gasteiger partial charge in [0, 0.05) is 6.54 Å². The van der Waals surface area contributed by atoms with Gasteiger partial charge >= 0.3 is 0 Å². The van der Waals surface area contributed by atoms with Gasteiger partial charge in [-0.1, -0.05) is 26.0 Å². The van der Waals surface area contributed by atoms with Crippen LogP contribution in [0.5, 0.6) is 5.75 Å². The lowest BCUT2D eigenvalue weighted by Gasteiger charge is -2.08. The van der Waals surface area contributed by atoms with E-state index in [2.05, 4.69) is 12.2 Å². The third kappa shape index (κ3) is 6.91. The number of hydrogen-bond donors (Lipinski definition) is 1. The minimum Gasteiger partial charge on any atom is -0.493 e. The zero-order valence-corrected chi connectivity index (χ0v) is 13.2. The molecule has 0 heterocycles. The number of nitrogens with one attached hydrogen (secondary N) is 1. The van der Waals surface area contributed by atoms with Crippen LogP contribution in [0.25, 0.3) is 0 Å². The first-order chi connectivity index (χ1) is 9.57. The molecule has 0 amide bonds. The molecule has 0 saturated carbocycles. The Bertz CT molecular complexity index is 468. The van der Waals surface area contributed by atoms with Gasteiger partial charge in [-0.3, -0.25) is 0 Å². The summed E-state index contributed by atoms with van der Waals surface area (Å²) in [6, 6.07) is 7.77. The minimum absolute atomic E-state index is 0.0840. The first-order valence-corrected chi connectivity index (χ1v) is 9.02. The Labute approximate surface area is 122 Å². The number of ether oxygens (including phenoxy) is 1. The highest BCUT2D eigenvalue weighted by molar-refractivity contribution is 7.91. The van der Waals surface area contributed by atoms with E-state index in [0.29, 0.717) is 6.42 Å². The third-order valence-electron chi connectivity index (χ3n) is 2.86. The van der Waals surface area contributed by atoms with Crippen molar-refractivity contribution in [3.05, 3.63) is 29.8 Å². The highest BCUT2D eigenvalue weighted by atomic mass is 32.2. The van der Waals surface area contributed by atoms with E-state index in [1.54, 1.807) is 0 Å². The van der Waals surface area contributed by atoms with Crippen LogP contribution in [-0.2, 0) is 16.4 Å². The van der Waals surface area contributed by atoms with Gasteiger partial charge in [0.15, 0.2) is 9.84 Å². The molecule has 0 bridgehead atoms. The molecular weight excluding hydrogens is 274 g/mol. The topological polar surface area (TPSA) is 55.4 Å². The normalized spacial score (nSPS) is 11.5. The van der Waals surface area contributed by atoms with Crippen molar-refractivity contribution in [1.82, 2.24) is 5.32 Å². The highest BCUT2D eigenvalue weighted by Crippen LogP contribution is 2.12. The largest absolute Gasteiger partial charge is 0.493 e. The Kier molecular flexibility index (Phi) is 7.62. The fourth-order valence-electron chi connectivity index (χ4n) is 1.81. The van der Waals surface area contributed by atoms with Crippen molar-refractivity contribution >= 4 is 9.84 Å². The zero-order chi connectivity index (χ0) is 14.8. The average molecular weight is 299 g/mol. The Hall–Kier alpha value is -1.07. The van der Waals surface area contributed by atoms with E-state index in [1.165, 1.54) is 5.56 Å². The van der Waals surface area contributed by atoms with Crippen molar-refractivity contribution in [3.63, 3.8) is 0 Å². The van der Waals surface area contributed by atoms with Crippen LogP contribution >= 0.6 is 0 Å². The van der Waals surface area contributed by atoms with Crippen LogP contribution in [0, 0.1) is 0 Å². The molecular formula is C15H25NO3S. The molecule has 0 aliphatic rings. The minimum atomic E-state index is -2.96. The number of rotatable bonds is 10. The van der Waals surface area contributed by atoms with E-state index in [1.807, 2.05) is 31.2 Å². The van der Waals surface area contributed by atoms with Gasteiger partial charge in [0.05, 0.1) is 11.5 Å². The average Bonchev–Trinajstić information content (AvgIpc) is 2.40. The summed E-state index contributed by atoms with van der Waals surface area (Å²) in [5.41, 5.74) is 1.20. The molecule has 1 rings (SSSR count). The van der Waals surface area contributed by atoms with Gasteiger partial charge in [0.25, 0.3) is 0 Å². The maximum Gasteiger partial charge on any atom is 0.153 e. The highest BCUT2D eigenvalue weighted by Gasteiger charge is 2.09. The van der Waals surface area contributed by atoms with Crippen LogP contribution in [0.15, 0.2) is 24.3 Å². The number of hydrogen-bond acceptors (Lipinski definition) is 4. The van der Waals surface area contributed by atoms with Gasteiger partial charge in [-0.25, -0.2) is 8.42 Å². The lowest BCUT2D eigenvalue weighted by Crippen LogP contribution is -2.16. The van der Waals surface area contributed by atoms with Gasteiger partial charge in [0.2, 0.25) is 0 Å². The Morgan fingerprint density at radius 3 is 2.35 bits per heavy atom. The summed E-state index contributed by atoms with van der Waals surface area (Å²) >= 11 is 0. The SMILES string of the molecule is CCCNCc1ccc(OCCS(=O)(=O)CCC)cc1. The van der Waals surface area contributed by atoms with E-state index in [9.17, 15) is 8.42 Å². The molecule has 0 aromatic heterocycles. The van der Waals surface area contributed by atoms with Gasteiger partial charge in [-0.2, -0.15) is 0 Å². The summed E-state index contributed by atoms with van der Waals surface area (Å²) in [6.07, 6.45) is 1.77. The maximum absolute atomic E-state index is 11.5. The smallest absolute Gasteiger partial charge is 0.153 e. The molecule has 0 fully saturated rings. The van der Waals surface area contributed by atoms with Crippen molar-refractivity contribution in [1.29, 1.82) is 0 Å². The second kappa shape index (κ2) is 8.97. The predicted molar refractivity (Wildman–Crippen MR) is 82.9 cm³/mol. The first-order valence-electron chi connectivity index (χ1n) is 7.20. The number of benzene rings is 1. The summed E-state index contributed by atoms with van der Waals surface area (Å²) in [5, 5.41) is 3.33. The lowest BCUT2D eigenvalue weighted by atomic mass is 10.2. The summed E-state index contributed by atoms with van der Waals surface area (Å²) < 4.78 is 28.5. The predicted octanol–water partition coefficient (Wildman–Crippen LogP) is 2.39. The van der Waals surface area contributed by atoms with E-state index in [0.717, 1.165) is 25.3 Å². The van der Waals surface area contributed by atoms with Gasteiger partial charge < -0.3 is 10.1 Å².